The molecule has 1 atom stereocenters. The molecule has 0 saturated heterocycles. The number of hydrogen-bond donors (Lipinski definition) is 1. The smallest absolute Gasteiger partial charge is 0.326 e. The van der Waals surface area contributed by atoms with Crippen molar-refractivity contribution in [2.24, 2.45) is 0 Å². The third-order valence-corrected chi connectivity index (χ3v) is 3.58. The number of methoxy groups -OCH3 is 1. The Kier molecular flexibility index (Phi) is 3.64. The first kappa shape index (κ1) is 14.3. The van der Waals surface area contributed by atoms with E-state index in [1.165, 1.54) is 0 Å². The molecule has 22 heavy (non-hydrogen) atoms. The Balaban J connectivity index is 2.22. The quantitative estimate of drug-likeness (QED) is 0.926. The van der Waals surface area contributed by atoms with Crippen molar-refractivity contribution in [1.82, 2.24) is 9.97 Å². The zero-order valence-corrected chi connectivity index (χ0v) is 12.3. The number of anilines is 4. The summed E-state index contributed by atoms with van der Waals surface area (Å²) in [4.78, 5) is 23.8. The van der Waals surface area contributed by atoms with E-state index in [0.717, 1.165) is 11.4 Å². The van der Waals surface area contributed by atoms with Crippen LogP contribution in [-0.2, 0) is 9.53 Å². The van der Waals surface area contributed by atoms with Crippen molar-refractivity contribution >= 4 is 29.0 Å². The van der Waals surface area contributed by atoms with Crippen LogP contribution in [-0.4, -0.2) is 40.9 Å². The van der Waals surface area contributed by atoms with Gasteiger partial charge in [0.25, 0.3) is 0 Å². The third-order valence-electron chi connectivity index (χ3n) is 3.58. The molecule has 1 aromatic heterocycles. The van der Waals surface area contributed by atoms with Gasteiger partial charge in [-0.2, -0.15) is 0 Å². The zero-order valence-electron chi connectivity index (χ0n) is 12.3. The van der Waals surface area contributed by atoms with Crippen LogP contribution in [0.3, 0.4) is 0 Å². The summed E-state index contributed by atoms with van der Waals surface area (Å²) in [5.74, 6) is 0.163. The summed E-state index contributed by atoms with van der Waals surface area (Å²) in [5.41, 5.74) is 1.60. The Labute approximate surface area is 127 Å². The number of fused-ring (bicyclic) bond motifs is 2. The number of aliphatic carboxylic acids is 1. The van der Waals surface area contributed by atoms with Gasteiger partial charge in [0.15, 0.2) is 11.6 Å². The maximum atomic E-state index is 11.5. The highest BCUT2D eigenvalue weighted by Gasteiger charge is 2.35. The summed E-state index contributed by atoms with van der Waals surface area (Å²) in [6.07, 6.45) is 3.14. The SMILES string of the molecule is COCN1c2ccccc2N(C(C)C(=O)O)c2nccnc21. The van der Waals surface area contributed by atoms with E-state index in [4.69, 9.17) is 4.74 Å². The van der Waals surface area contributed by atoms with Gasteiger partial charge >= 0.3 is 5.97 Å². The van der Waals surface area contributed by atoms with Gasteiger partial charge in [-0.05, 0) is 19.1 Å². The van der Waals surface area contributed by atoms with E-state index in [1.807, 2.05) is 29.2 Å². The molecular formula is C15H16N4O3. The van der Waals surface area contributed by atoms with Crippen molar-refractivity contribution < 1.29 is 14.6 Å². The fourth-order valence-electron chi connectivity index (χ4n) is 2.57. The van der Waals surface area contributed by atoms with Crippen LogP contribution in [0.1, 0.15) is 6.92 Å². The number of carbonyl (C=O) groups is 1. The van der Waals surface area contributed by atoms with E-state index in [-0.39, 0.29) is 0 Å². The highest BCUT2D eigenvalue weighted by molar-refractivity contribution is 5.94. The Morgan fingerprint density at radius 2 is 1.86 bits per heavy atom. The maximum absolute atomic E-state index is 11.5. The van der Waals surface area contributed by atoms with E-state index in [9.17, 15) is 9.90 Å². The number of aromatic nitrogens is 2. The van der Waals surface area contributed by atoms with Crippen molar-refractivity contribution in [2.45, 2.75) is 13.0 Å². The summed E-state index contributed by atoms with van der Waals surface area (Å²) in [6.45, 7) is 1.93. The lowest BCUT2D eigenvalue weighted by molar-refractivity contribution is -0.138. The molecule has 7 nitrogen and oxygen atoms in total. The minimum absolute atomic E-state index is 0.304. The standard InChI is InChI=1S/C15H16N4O3/c1-10(15(20)21)19-12-6-4-3-5-11(12)18(9-22-2)13-14(19)17-8-7-16-13/h3-8,10H,9H2,1-2H3,(H,20,21). The molecule has 1 aliphatic heterocycles. The van der Waals surface area contributed by atoms with E-state index in [2.05, 4.69) is 9.97 Å². The maximum Gasteiger partial charge on any atom is 0.326 e. The molecule has 0 amide bonds. The molecule has 1 aromatic carbocycles. The van der Waals surface area contributed by atoms with Crippen LogP contribution in [0.25, 0.3) is 0 Å². The number of carboxylic acid groups (broad SMARTS) is 1. The molecule has 0 spiro atoms. The predicted molar refractivity (Wildman–Crippen MR) is 81.7 cm³/mol. The van der Waals surface area contributed by atoms with Crippen LogP contribution in [0.5, 0.6) is 0 Å². The summed E-state index contributed by atoms with van der Waals surface area (Å²) < 4.78 is 5.26. The van der Waals surface area contributed by atoms with Crippen molar-refractivity contribution in [3.63, 3.8) is 0 Å². The molecule has 0 radical (unpaired) electrons. The van der Waals surface area contributed by atoms with Crippen LogP contribution >= 0.6 is 0 Å². The normalized spacial score (nSPS) is 14.3. The van der Waals surface area contributed by atoms with Crippen molar-refractivity contribution in [1.29, 1.82) is 0 Å². The Morgan fingerprint density at radius 1 is 1.23 bits per heavy atom. The number of benzene rings is 1. The first-order valence-electron chi connectivity index (χ1n) is 6.83. The second-order valence-electron chi connectivity index (χ2n) is 4.92. The molecule has 3 rings (SSSR count). The van der Waals surface area contributed by atoms with Gasteiger partial charge in [0.05, 0.1) is 11.4 Å². The van der Waals surface area contributed by atoms with Crippen LogP contribution in [0.2, 0.25) is 0 Å². The van der Waals surface area contributed by atoms with E-state index in [1.54, 1.807) is 31.3 Å². The van der Waals surface area contributed by atoms with Crippen LogP contribution in [0, 0.1) is 0 Å². The van der Waals surface area contributed by atoms with Gasteiger partial charge in [-0.1, -0.05) is 12.1 Å². The number of nitrogens with zero attached hydrogens (tertiary/aromatic N) is 4. The molecule has 1 aliphatic rings. The Bertz CT molecular complexity index is 659. The highest BCUT2D eigenvalue weighted by atomic mass is 16.5. The summed E-state index contributed by atoms with van der Waals surface area (Å²) >= 11 is 0. The Hall–Kier alpha value is -2.67. The second-order valence-corrected chi connectivity index (χ2v) is 4.92. The summed E-state index contributed by atoms with van der Waals surface area (Å²) in [7, 11) is 1.60. The van der Waals surface area contributed by atoms with Gasteiger partial charge in [-0.25, -0.2) is 14.8 Å². The van der Waals surface area contributed by atoms with Gasteiger partial charge in [0, 0.05) is 19.5 Å². The fourth-order valence-corrected chi connectivity index (χ4v) is 2.57. The lowest BCUT2D eigenvalue weighted by Crippen LogP contribution is -2.40. The monoisotopic (exact) mass is 300 g/mol. The number of rotatable bonds is 4. The minimum Gasteiger partial charge on any atom is -0.480 e. The first-order chi connectivity index (χ1) is 10.6. The van der Waals surface area contributed by atoms with Crippen molar-refractivity contribution in [3.05, 3.63) is 36.7 Å². The average molecular weight is 300 g/mol. The fraction of sp³-hybridized carbons (Fsp3) is 0.267. The van der Waals surface area contributed by atoms with Crippen molar-refractivity contribution in [3.8, 4) is 0 Å². The summed E-state index contributed by atoms with van der Waals surface area (Å²) in [6, 6.07) is 6.78. The number of para-hydroxylation sites is 2. The Morgan fingerprint density at radius 3 is 2.50 bits per heavy atom. The lowest BCUT2D eigenvalue weighted by atomic mass is 10.1. The molecular weight excluding hydrogens is 284 g/mol. The van der Waals surface area contributed by atoms with E-state index >= 15 is 0 Å². The molecule has 2 aromatic rings. The topological polar surface area (TPSA) is 78.8 Å². The second kappa shape index (κ2) is 5.61. The zero-order chi connectivity index (χ0) is 15.7. The number of carboxylic acids is 1. The van der Waals surface area contributed by atoms with Gasteiger partial charge in [0.1, 0.15) is 12.8 Å². The molecule has 7 heteroatoms. The van der Waals surface area contributed by atoms with E-state index in [0.29, 0.717) is 18.4 Å². The number of hydrogen-bond acceptors (Lipinski definition) is 6. The first-order valence-corrected chi connectivity index (χ1v) is 6.83. The molecule has 0 saturated carbocycles. The van der Waals surface area contributed by atoms with Gasteiger partial charge in [-0.15, -0.1) is 0 Å². The molecule has 0 fully saturated rings. The molecule has 2 heterocycles. The number of ether oxygens (including phenoxy) is 1. The van der Waals surface area contributed by atoms with Gasteiger partial charge in [-0.3, -0.25) is 4.90 Å². The summed E-state index contributed by atoms with van der Waals surface area (Å²) in [5, 5.41) is 9.43. The minimum atomic E-state index is -0.924. The average Bonchev–Trinajstić information content (AvgIpc) is 2.54. The van der Waals surface area contributed by atoms with Gasteiger partial charge in [0.2, 0.25) is 0 Å². The lowest BCUT2D eigenvalue weighted by Gasteiger charge is -2.39. The predicted octanol–water partition coefficient (Wildman–Crippen LogP) is 2.14. The largest absolute Gasteiger partial charge is 0.480 e. The van der Waals surface area contributed by atoms with Crippen LogP contribution in [0.4, 0.5) is 23.0 Å². The van der Waals surface area contributed by atoms with Gasteiger partial charge < -0.3 is 14.7 Å². The van der Waals surface area contributed by atoms with Crippen LogP contribution in [0.15, 0.2) is 36.7 Å². The molecule has 1 unspecified atom stereocenters. The molecule has 0 bridgehead atoms. The van der Waals surface area contributed by atoms with E-state index < -0.39 is 12.0 Å². The highest BCUT2D eigenvalue weighted by Crippen LogP contribution is 2.46. The molecule has 1 N–H and O–H groups in total. The van der Waals surface area contributed by atoms with Crippen LogP contribution < -0.4 is 9.80 Å². The third kappa shape index (κ3) is 2.15. The van der Waals surface area contributed by atoms with Crippen molar-refractivity contribution in [2.75, 3.05) is 23.6 Å². The molecule has 0 aliphatic carbocycles. The molecule has 114 valence electrons.